The Morgan fingerprint density at radius 1 is 0.933 bits per heavy atom. The molecule has 0 aromatic heterocycles. The van der Waals surface area contributed by atoms with Crippen LogP contribution >= 0.6 is 0 Å². The molecule has 3 aromatic rings. The topological polar surface area (TPSA) is 94.9 Å². The van der Waals surface area contributed by atoms with Gasteiger partial charge < -0.3 is 23.7 Å². The van der Waals surface area contributed by atoms with Gasteiger partial charge in [0.1, 0.15) is 24.1 Å². The maximum absolute atomic E-state index is 13.5. The van der Waals surface area contributed by atoms with Gasteiger partial charge in [0.15, 0.2) is 12.6 Å². The summed E-state index contributed by atoms with van der Waals surface area (Å²) in [5, 5.41) is 3.88. The molecule has 2 aliphatic heterocycles. The molecule has 0 spiro atoms. The first-order valence-corrected chi connectivity index (χ1v) is 13.7. The number of fused-ring (bicyclic) bond motifs is 1. The van der Waals surface area contributed by atoms with Gasteiger partial charge in [0.25, 0.3) is 0 Å². The van der Waals surface area contributed by atoms with Gasteiger partial charge in [-0.25, -0.2) is 4.39 Å². The van der Waals surface area contributed by atoms with Gasteiger partial charge >= 0.3 is 12.4 Å². The van der Waals surface area contributed by atoms with Crippen LogP contribution in [0.2, 0.25) is 0 Å². The predicted octanol–water partition coefficient (Wildman–Crippen LogP) is 8.04. The molecular formula is C30H26F7N3O5. The van der Waals surface area contributed by atoms with E-state index >= 15 is 0 Å². The Morgan fingerprint density at radius 2 is 1.58 bits per heavy atom. The number of halogens is 7. The van der Waals surface area contributed by atoms with Crippen molar-refractivity contribution in [1.29, 1.82) is 0 Å². The van der Waals surface area contributed by atoms with Crippen molar-refractivity contribution in [1.82, 2.24) is 0 Å². The molecule has 3 aromatic carbocycles. The minimum Gasteiger partial charge on any atom is -0.368 e. The number of hydrogen-bond donors (Lipinski definition) is 0. The third-order valence-corrected chi connectivity index (χ3v) is 7.34. The molecule has 0 amide bonds. The second kappa shape index (κ2) is 13.3. The molecule has 2 aliphatic rings. The Balaban J connectivity index is 1.46. The van der Waals surface area contributed by atoms with Gasteiger partial charge in [0, 0.05) is 10.5 Å². The first-order chi connectivity index (χ1) is 21.3. The van der Waals surface area contributed by atoms with Crippen molar-refractivity contribution in [3.05, 3.63) is 117 Å². The highest BCUT2D eigenvalue weighted by atomic mass is 19.4. The fourth-order valence-electron chi connectivity index (χ4n) is 5.09. The monoisotopic (exact) mass is 641 g/mol. The van der Waals surface area contributed by atoms with Crippen molar-refractivity contribution in [2.24, 2.45) is 5.11 Å². The van der Waals surface area contributed by atoms with E-state index in [1.807, 2.05) is 0 Å². The van der Waals surface area contributed by atoms with Crippen molar-refractivity contribution >= 4 is 0 Å². The van der Waals surface area contributed by atoms with Gasteiger partial charge in [-0.15, -0.1) is 0 Å². The Morgan fingerprint density at radius 3 is 2.18 bits per heavy atom. The van der Waals surface area contributed by atoms with E-state index in [0.29, 0.717) is 23.3 Å². The van der Waals surface area contributed by atoms with E-state index in [2.05, 4.69) is 10.0 Å². The van der Waals surface area contributed by atoms with Gasteiger partial charge in [0.2, 0.25) is 0 Å². The molecule has 0 bridgehead atoms. The lowest BCUT2D eigenvalue weighted by atomic mass is 9.95. The van der Waals surface area contributed by atoms with Gasteiger partial charge in [-0.1, -0.05) is 47.6 Å². The van der Waals surface area contributed by atoms with Crippen molar-refractivity contribution < 1.29 is 54.4 Å². The van der Waals surface area contributed by atoms with Crippen LogP contribution in [0.25, 0.3) is 10.4 Å². The SMILES string of the molecule is C[C@@H](O[C@@H]1O[C@@H]2CO[C@@H](c3ccccc3)O[C@H]2[C@H](N=[N+]=[N-])[C@H]1OCc1ccc(F)cc1)c1cc(C(F)(F)F)cc(C(F)(F)F)c1. The molecule has 15 heteroatoms. The predicted molar refractivity (Wildman–Crippen MR) is 143 cm³/mol. The summed E-state index contributed by atoms with van der Waals surface area (Å²) in [6.45, 7) is 1.00. The number of rotatable bonds is 8. The summed E-state index contributed by atoms with van der Waals surface area (Å²) in [7, 11) is 0. The van der Waals surface area contributed by atoms with Gasteiger partial charge in [-0.05, 0) is 53.9 Å². The van der Waals surface area contributed by atoms with E-state index in [1.165, 1.54) is 31.2 Å². The standard InChI is InChI=1S/C30H26F7N3O5/c1-16(19-11-20(29(32,33)34)13-21(12-19)30(35,36)37)43-28-26(41-14-17-7-9-22(31)10-8-17)24(39-40-38)25-23(44-28)15-42-27(45-25)18-5-3-2-4-6-18/h2-13,16,23-28H,14-15H2,1H3/t16-,23-,24+,25-,26-,27-,28-/m1/s1. The van der Waals surface area contributed by atoms with Gasteiger partial charge in [-0.3, -0.25) is 0 Å². The third-order valence-electron chi connectivity index (χ3n) is 7.34. The molecule has 45 heavy (non-hydrogen) atoms. The quantitative estimate of drug-likeness (QED) is 0.107. The summed E-state index contributed by atoms with van der Waals surface area (Å²) in [4.78, 5) is 2.93. The van der Waals surface area contributed by atoms with Crippen LogP contribution in [0.4, 0.5) is 30.7 Å². The van der Waals surface area contributed by atoms with Gasteiger partial charge in [0.05, 0.1) is 36.5 Å². The number of nitrogens with zero attached hydrogens (tertiary/aromatic N) is 3. The van der Waals surface area contributed by atoms with Crippen molar-refractivity contribution in [2.75, 3.05) is 6.61 Å². The van der Waals surface area contributed by atoms with Crippen LogP contribution in [0.1, 0.15) is 47.1 Å². The molecule has 8 nitrogen and oxygen atoms in total. The molecular weight excluding hydrogens is 615 g/mol. The lowest BCUT2D eigenvalue weighted by molar-refractivity contribution is -0.352. The molecule has 0 radical (unpaired) electrons. The van der Waals surface area contributed by atoms with Crippen LogP contribution in [0.3, 0.4) is 0 Å². The number of alkyl halides is 6. The number of ether oxygens (including phenoxy) is 5. The molecule has 7 atom stereocenters. The molecule has 0 unspecified atom stereocenters. The fraction of sp³-hybridized carbons (Fsp3) is 0.400. The highest BCUT2D eigenvalue weighted by molar-refractivity contribution is 5.34. The molecule has 0 N–H and O–H groups in total. The van der Waals surface area contributed by atoms with E-state index in [1.54, 1.807) is 30.3 Å². The zero-order valence-corrected chi connectivity index (χ0v) is 23.4. The minimum absolute atomic E-state index is 0.0179. The normalized spacial score (nSPS) is 26.0. The Labute approximate surface area is 252 Å². The van der Waals surface area contributed by atoms with Crippen LogP contribution in [0, 0.1) is 5.82 Å². The van der Waals surface area contributed by atoms with Crippen LogP contribution in [-0.4, -0.2) is 37.3 Å². The van der Waals surface area contributed by atoms with Crippen LogP contribution in [0.15, 0.2) is 77.9 Å². The largest absolute Gasteiger partial charge is 0.416 e. The summed E-state index contributed by atoms with van der Waals surface area (Å²) in [5.74, 6) is -0.494. The number of benzene rings is 3. The zero-order valence-electron chi connectivity index (χ0n) is 23.4. The molecule has 2 fully saturated rings. The zero-order chi connectivity index (χ0) is 32.4. The molecule has 5 rings (SSSR count). The summed E-state index contributed by atoms with van der Waals surface area (Å²) in [6, 6.07) is 14.1. The molecule has 0 saturated carbocycles. The van der Waals surface area contributed by atoms with Gasteiger partial charge in [-0.2, -0.15) is 26.3 Å². The van der Waals surface area contributed by atoms with Crippen LogP contribution in [-0.2, 0) is 42.6 Å². The number of azide groups is 1. The van der Waals surface area contributed by atoms with Crippen molar-refractivity contribution in [3.63, 3.8) is 0 Å². The third kappa shape index (κ3) is 7.75. The van der Waals surface area contributed by atoms with Crippen LogP contribution in [0.5, 0.6) is 0 Å². The maximum atomic E-state index is 13.5. The second-order valence-corrected chi connectivity index (χ2v) is 10.4. The number of hydrogen-bond acceptors (Lipinski definition) is 6. The summed E-state index contributed by atoms with van der Waals surface area (Å²) >= 11 is 0. The summed E-state index contributed by atoms with van der Waals surface area (Å²) in [5.41, 5.74) is 7.19. The van der Waals surface area contributed by atoms with Crippen molar-refractivity contribution in [2.45, 2.75) is 68.9 Å². The maximum Gasteiger partial charge on any atom is 0.416 e. The average molecular weight is 642 g/mol. The lowest BCUT2D eigenvalue weighted by Gasteiger charge is -2.48. The van der Waals surface area contributed by atoms with Crippen LogP contribution < -0.4 is 0 Å². The van der Waals surface area contributed by atoms with E-state index in [-0.39, 0.29) is 19.3 Å². The second-order valence-electron chi connectivity index (χ2n) is 10.4. The smallest absolute Gasteiger partial charge is 0.368 e. The Bertz CT molecular complexity index is 1470. The van der Waals surface area contributed by atoms with E-state index in [9.17, 15) is 36.3 Å². The van der Waals surface area contributed by atoms with E-state index in [4.69, 9.17) is 23.7 Å². The Kier molecular flexibility index (Phi) is 9.68. The van der Waals surface area contributed by atoms with Crippen molar-refractivity contribution in [3.8, 4) is 0 Å². The highest BCUT2D eigenvalue weighted by Gasteiger charge is 2.51. The minimum atomic E-state index is -5.07. The molecule has 2 heterocycles. The van der Waals surface area contributed by atoms with E-state index < -0.39 is 77.9 Å². The average Bonchev–Trinajstić information content (AvgIpc) is 3.00. The summed E-state index contributed by atoms with van der Waals surface area (Å²) in [6.07, 6.45) is -17.0. The molecule has 2 saturated heterocycles. The molecule has 240 valence electrons. The first kappa shape index (κ1) is 32.7. The van der Waals surface area contributed by atoms with E-state index in [0.717, 1.165) is 0 Å². The summed E-state index contributed by atoms with van der Waals surface area (Å²) < 4.78 is 125. The fourth-order valence-corrected chi connectivity index (χ4v) is 5.09. The lowest BCUT2D eigenvalue weighted by Crippen LogP contribution is -2.62. The molecule has 0 aliphatic carbocycles. The Hall–Kier alpha value is -3.72. The highest BCUT2D eigenvalue weighted by Crippen LogP contribution is 2.41. The first-order valence-electron chi connectivity index (χ1n) is 13.7.